The maximum Gasteiger partial charge on any atom is 0.113 e. The fourth-order valence-electron chi connectivity index (χ4n) is 2.93. The lowest BCUT2D eigenvalue weighted by Gasteiger charge is -2.09. The molecule has 1 aromatic heterocycles. The minimum atomic E-state index is 0.794. The summed E-state index contributed by atoms with van der Waals surface area (Å²) in [7, 11) is 0. The zero-order chi connectivity index (χ0) is 17.1. The number of aromatic nitrogens is 3. The fourth-order valence-corrected chi connectivity index (χ4v) is 2.93. The maximum atomic E-state index is 4.40. The molecular weight excluding hydrogens is 306 g/mol. The van der Waals surface area contributed by atoms with Crippen LogP contribution < -0.4 is 0 Å². The van der Waals surface area contributed by atoms with Crippen LogP contribution in [0.4, 0.5) is 0 Å². The summed E-state index contributed by atoms with van der Waals surface area (Å²) in [6.45, 7) is 2.10. The Kier molecular flexibility index (Phi) is 4.13. The Hall–Kier alpha value is -3.20. The minimum Gasteiger partial charge on any atom is -0.217 e. The van der Waals surface area contributed by atoms with E-state index in [1.54, 1.807) is 0 Å². The number of rotatable bonds is 4. The highest BCUT2D eigenvalue weighted by Gasteiger charge is 2.09. The molecule has 0 bridgehead atoms. The molecule has 0 fully saturated rings. The van der Waals surface area contributed by atoms with E-state index in [0.29, 0.717) is 0 Å². The Morgan fingerprint density at radius 3 is 2.40 bits per heavy atom. The summed E-state index contributed by atoms with van der Waals surface area (Å²) >= 11 is 0. The largest absolute Gasteiger partial charge is 0.217 e. The summed E-state index contributed by atoms with van der Waals surface area (Å²) in [5, 5.41) is 8.71. The first kappa shape index (κ1) is 15.3. The predicted molar refractivity (Wildman–Crippen MR) is 103 cm³/mol. The zero-order valence-corrected chi connectivity index (χ0v) is 14.1. The van der Waals surface area contributed by atoms with Crippen molar-refractivity contribution in [3.05, 3.63) is 95.6 Å². The van der Waals surface area contributed by atoms with Crippen molar-refractivity contribution in [1.82, 2.24) is 15.0 Å². The molecule has 0 radical (unpaired) electrons. The van der Waals surface area contributed by atoms with Crippen LogP contribution in [0, 0.1) is 6.92 Å². The second-order valence-electron chi connectivity index (χ2n) is 6.20. The molecule has 122 valence electrons. The molecule has 25 heavy (non-hydrogen) atoms. The van der Waals surface area contributed by atoms with Crippen molar-refractivity contribution in [1.29, 1.82) is 0 Å². The third-order valence-electron chi connectivity index (χ3n) is 4.26. The molecule has 0 amide bonds. The first-order chi connectivity index (χ1) is 12.3. The van der Waals surface area contributed by atoms with Gasteiger partial charge in [0.15, 0.2) is 0 Å². The average molecular weight is 325 g/mol. The molecule has 0 atom stereocenters. The summed E-state index contributed by atoms with van der Waals surface area (Å²) < 4.78 is 1.95. The van der Waals surface area contributed by atoms with Crippen LogP contribution in [0.15, 0.2) is 78.9 Å². The molecule has 4 rings (SSSR count). The summed E-state index contributed by atoms with van der Waals surface area (Å²) in [6.07, 6.45) is 2.98. The topological polar surface area (TPSA) is 30.7 Å². The zero-order valence-electron chi connectivity index (χ0n) is 14.1. The molecule has 0 N–H and O–H groups in total. The Bertz CT molecular complexity index is 1010. The van der Waals surface area contributed by atoms with Crippen molar-refractivity contribution in [2.24, 2.45) is 0 Å². The highest BCUT2D eigenvalue weighted by molar-refractivity contribution is 5.82. The van der Waals surface area contributed by atoms with Gasteiger partial charge < -0.3 is 0 Å². The van der Waals surface area contributed by atoms with E-state index in [9.17, 15) is 0 Å². The summed E-state index contributed by atoms with van der Waals surface area (Å²) in [4.78, 5) is 0. The van der Waals surface area contributed by atoms with Gasteiger partial charge in [0.25, 0.3) is 0 Å². The van der Waals surface area contributed by atoms with Gasteiger partial charge >= 0.3 is 0 Å². The van der Waals surface area contributed by atoms with E-state index in [-0.39, 0.29) is 0 Å². The van der Waals surface area contributed by atoms with Gasteiger partial charge in [-0.1, -0.05) is 77.5 Å². The highest BCUT2D eigenvalue weighted by atomic mass is 15.4. The van der Waals surface area contributed by atoms with Crippen molar-refractivity contribution >= 4 is 22.8 Å². The van der Waals surface area contributed by atoms with Gasteiger partial charge in [0.05, 0.1) is 5.52 Å². The second-order valence-corrected chi connectivity index (χ2v) is 6.20. The van der Waals surface area contributed by atoms with E-state index in [4.69, 9.17) is 0 Å². The van der Waals surface area contributed by atoms with Gasteiger partial charge in [-0.05, 0) is 36.3 Å². The first-order valence-corrected chi connectivity index (χ1v) is 8.41. The molecule has 0 saturated carbocycles. The SMILES string of the molecule is Cc1ccc(/C=C(/Cc2ccccc2)n2nnc3ccccc32)cc1. The highest BCUT2D eigenvalue weighted by Crippen LogP contribution is 2.21. The molecule has 0 aliphatic heterocycles. The van der Waals surface area contributed by atoms with Crippen LogP contribution in [0.2, 0.25) is 0 Å². The van der Waals surface area contributed by atoms with Gasteiger partial charge in [0.2, 0.25) is 0 Å². The normalized spacial score (nSPS) is 11.8. The molecule has 4 aromatic rings. The lowest BCUT2D eigenvalue weighted by atomic mass is 10.1. The van der Waals surface area contributed by atoms with Crippen LogP contribution in [-0.4, -0.2) is 15.0 Å². The van der Waals surface area contributed by atoms with E-state index in [1.807, 2.05) is 28.9 Å². The Balaban J connectivity index is 1.81. The smallest absolute Gasteiger partial charge is 0.113 e. The maximum absolute atomic E-state index is 4.40. The van der Waals surface area contributed by atoms with E-state index in [2.05, 4.69) is 77.9 Å². The number of para-hydroxylation sites is 1. The number of hydrogen-bond acceptors (Lipinski definition) is 2. The number of nitrogens with zero attached hydrogens (tertiary/aromatic N) is 3. The van der Waals surface area contributed by atoms with E-state index < -0.39 is 0 Å². The third kappa shape index (κ3) is 3.36. The van der Waals surface area contributed by atoms with E-state index in [0.717, 1.165) is 28.7 Å². The van der Waals surface area contributed by atoms with Gasteiger partial charge in [-0.3, -0.25) is 0 Å². The third-order valence-corrected chi connectivity index (χ3v) is 4.26. The van der Waals surface area contributed by atoms with Crippen LogP contribution >= 0.6 is 0 Å². The Morgan fingerprint density at radius 2 is 1.60 bits per heavy atom. The number of aryl methyl sites for hydroxylation is 1. The molecule has 0 aliphatic rings. The molecule has 0 aliphatic carbocycles. The van der Waals surface area contributed by atoms with Crippen LogP contribution in [0.1, 0.15) is 16.7 Å². The molecule has 0 unspecified atom stereocenters. The predicted octanol–water partition coefficient (Wildman–Crippen LogP) is 4.98. The van der Waals surface area contributed by atoms with Gasteiger partial charge in [-0.25, -0.2) is 4.68 Å². The van der Waals surface area contributed by atoms with E-state index >= 15 is 0 Å². The van der Waals surface area contributed by atoms with Gasteiger partial charge in [-0.2, -0.15) is 0 Å². The van der Waals surface area contributed by atoms with Crippen LogP contribution in [-0.2, 0) is 6.42 Å². The van der Waals surface area contributed by atoms with Gasteiger partial charge in [0.1, 0.15) is 5.52 Å². The number of fused-ring (bicyclic) bond motifs is 1. The molecule has 1 heterocycles. The molecule has 3 nitrogen and oxygen atoms in total. The average Bonchev–Trinajstić information content (AvgIpc) is 3.08. The lowest BCUT2D eigenvalue weighted by molar-refractivity contribution is 0.824. The minimum absolute atomic E-state index is 0.794. The Labute approximate surface area is 147 Å². The van der Waals surface area contributed by atoms with Crippen LogP contribution in [0.5, 0.6) is 0 Å². The van der Waals surface area contributed by atoms with Crippen LogP contribution in [0.3, 0.4) is 0 Å². The molecule has 0 spiro atoms. The van der Waals surface area contributed by atoms with Gasteiger partial charge in [-0.15, -0.1) is 5.10 Å². The number of benzene rings is 3. The molecular formula is C22H19N3. The second kappa shape index (κ2) is 6.73. The van der Waals surface area contributed by atoms with Crippen molar-refractivity contribution in [3.63, 3.8) is 0 Å². The number of hydrogen-bond donors (Lipinski definition) is 0. The molecule has 3 heteroatoms. The van der Waals surface area contributed by atoms with Crippen molar-refractivity contribution in [3.8, 4) is 0 Å². The van der Waals surface area contributed by atoms with Crippen molar-refractivity contribution < 1.29 is 0 Å². The number of allylic oxidation sites excluding steroid dienone is 1. The van der Waals surface area contributed by atoms with Crippen molar-refractivity contribution in [2.75, 3.05) is 0 Å². The standard InChI is InChI=1S/C22H19N3/c1-17-11-13-19(14-12-17)16-20(15-18-7-3-2-4-8-18)25-22-10-6-5-9-21(22)23-24-25/h2-14,16H,15H2,1H3/b20-16-. The lowest BCUT2D eigenvalue weighted by Crippen LogP contribution is -2.03. The van der Waals surface area contributed by atoms with Gasteiger partial charge in [0, 0.05) is 12.1 Å². The first-order valence-electron chi connectivity index (χ1n) is 8.41. The molecule has 0 saturated heterocycles. The summed E-state index contributed by atoms with van der Waals surface area (Å²) in [6, 6.07) is 27.1. The summed E-state index contributed by atoms with van der Waals surface area (Å²) in [5.74, 6) is 0. The van der Waals surface area contributed by atoms with E-state index in [1.165, 1.54) is 11.1 Å². The van der Waals surface area contributed by atoms with Crippen LogP contribution in [0.25, 0.3) is 22.8 Å². The monoisotopic (exact) mass is 325 g/mol. The Morgan fingerprint density at radius 1 is 0.880 bits per heavy atom. The quantitative estimate of drug-likeness (QED) is 0.530. The molecule has 3 aromatic carbocycles. The fraction of sp³-hybridized carbons (Fsp3) is 0.0909. The van der Waals surface area contributed by atoms with Crippen molar-refractivity contribution in [2.45, 2.75) is 13.3 Å². The summed E-state index contributed by atoms with van der Waals surface area (Å²) in [5.41, 5.74) is 6.70.